The largest absolute Gasteiger partial charge is 0.454 e. The number of fused-ring (bicyclic) bond motifs is 1. The van der Waals surface area contributed by atoms with E-state index >= 15 is 0 Å². The number of ether oxygens (including phenoxy) is 1. The van der Waals surface area contributed by atoms with Gasteiger partial charge in [-0.2, -0.15) is 0 Å². The SMILES string of the molecule is CC(C)[C@H](C)NC(=O)COC(=O)CN1C(=O)c2cc(Cl)c(Cl)cc2C1=O. The van der Waals surface area contributed by atoms with E-state index in [4.69, 9.17) is 27.9 Å². The standard InChI is InChI=1S/C17H18Cl2N2O5/c1-8(2)9(3)20-14(22)7-26-15(23)6-21-16(24)10-4-12(18)13(19)5-11(10)17(21)25/h4-5,8-9H,6-7H2,1-3H3,(H,20,22)/t9-/m0/s1. The molecule has 3 amide bonds. The van der Waals surface area contributed by atoms with Crippen LogP contribution in [0.15, 0.2) is 12.1 Å². The number of carbonyl (C=O) groups excluding carboxylic acids is 4. The van der Waals surface area contributed by atoms with Crippen LogP contribution in [0.1, 0.15) is 41.5 Å². The highest BCUT2D eigenvalue weighted by atomic mass is 35.5. The lowest BCUT2D eigenvalue weighted by molar-refractivity contribution is -0.148. The molecular formula is C17H18Cl2N2O5. The molecule has 0 aromatic heterocycles. The zero-order chi connectivity index (χ0) is 19.6. The number of nitrogens with zero attached hydrogens (tertiary/aromatic N) is 1. The van der Waals surface area contributed by atoms with Crippen LogP contribution in [0.3, 0.4) is 0 Å². The Labute approximate surface area is 160 Å². The molecule has 26 heavy (non-hydrogen) atoms. The van der Waals surface area contributed by atoms with Crippen molar-refractivity contribution in [3.8, 4) is 0 Å². The van der Waals surface area contributed by atoms with Gasteiger partial charge in [-0.25, -0.2) is 0 Å². The number of carbonyl (C=O) groups is 4. The first-order chi connectivity index (χ1) is 12.1. The van der Waals surface area contributed by atoms with Gasteiger partial charge in [-0.15, -0.1) is 0 Å². The molecule has 0 unspecified atom stereocenters. The second-order valence-electron chi connectivity index (χ2n) is 6.27. The maximum Gasteiger partial charge on any atom is 0.326 e. The van der Waals surface area contributed by atoms with Crippen LogP contribution in [0.2, 0.25) is 10.0 Å². The molecular weight excluding hydrogens is 383 g/mol. The summed E-state index contributed by atoms with van der Waals surface area (Å²) in [5.41, 5.74) is 0.140. The van der Waals surface area contributed by atoms with Crippen LogP contribution < -0.4 is 5.32 Å². The molecule has 0 saturated carbocycles. The number of halogens is 2. The lowest BCUT2D eigenvalue weighted by Gasteiger charge is -2.17. The van der Waals surface area contributed by atoms with Gasteiger partial charge in [-0.3, -0.25) is 24.1 Å². The Morgan fingerprint density at radius 2 is 1.58 bits per heavy atom. The third kappa shape index (κ3) is 4.34. The molecule has 0 bridgehead atoms. The van der Waals surface area contributed by atoms with Crippen molar-refractivity contribution >= 4 is 46.9 Å². The average Bonchev–Trinajstić information content (AvgIpc) is 2.78. The number of benzene rings is 1. The molecule has 1 aliphatic rings. The molecule has 0 fully saturated rings. The smallest absolute Gasteiger partial charge is 0.326 e. The van der Waals surface area contributed by atoms with Gasteiger partial charge in [0.25, 0.3) is 17.7 Å². The fourth-order valence-corrected chi connectivity index (χ4v) is 2.54. The Kier molecular flexibility index (Phi) is 6.26. The van der Waals surface area contributed by atoms with Gasteiger partial charge in [0.05, 0.1) is 21.2 Å². The van der Waals surface area contributed by atoms with E-state index in [0.717, 1.165) is 4.90 Å². The normalized spacial score (nSPS) is 14.5. The van der Waals surface area contributed by atoms with E-state index in [2.05, 4.69) is 5.32 Å². The van der Waals surface area contributed by atoms with E-state index in [1.165, 1.54) is 12.1 Å². The number of esters is 1. The van der Waals surface area contributed by atoms with Crippen molar-refractivity contribution in [1.82, 2.24) is 10.2 Å². The van der Waals surface area contributed by atoms with Gasteiger partial charge in [-0.05, 0) is 25.0 Å². The van der Waals surface area contributed by atoms with Gasteiger partial charge in [0.1, 0.15) is 6.54 Å². The summed E-state index contributed by atoms with van der Waals surface area (Å²) in [5, 5.41) is 2.94. The van der Waals surface area contributed by atoms with Crippen LogP contribution >= 0.6 is 23.2 Å². The third-order valence-electron chi connectivity index (χ3n) is 4.05. The number of imide groups is 1. The first kappa shape index (κ1) is 20.2. The summed E-state index contributed by atoms with van der Waals surface area (Å²) in [7, 11) is 0. The van der Waals surface area contributed by atoms with Gasteiger partial charge >= 0.3 is 5.97 Å². The van der Waals surface area contributed by atoms with Gasteiger partial charge in [0.2, 0.25) is 0 Å². The van der Waals surface area contributed by atoms with Crippen molar-refractivity contribution in [3.05, 3.63) is 33.3 Å². The van der Waals surface area contributed by atoms with E-state index in [1.807, 2.05) is 20.8 Å². The van der Waals surface area contributed by atoms with Crippen LogP contribution in [0.4, 0.5) is 0 Å². The molecule has 0 radical (unpaired) electrons. The minimum absolute atomic E-state index is 0.0701. The second kappa shape index (κ2) is 8.05. The van der Waals surface area contributed by atoms with E-state index in [1.54, 1.807) is 0 Å². The maximum atomic E-state index is 12.3. The van der Waals surface area contributed by atoms with Crippen molar-refractivity contribution in [2.75, 3.05) is 13.2 Å². The van der Waals surface area contributed by atoms with Gasteiger partial charge < -0.3 is 10.1 Å². The number of nitrogens with one attached hydrogen (secondary N) is 1. The average molecular weight is 401 g/mol. The van der Waals surface area contributed by atoms with E-state index in [9.17, 15) is 19.2 Å². The fourth-order valence-electron chi connectivity index (χ4n) is 2.21. The summed E-state index contributed by atoms with van der Waals surface area (Å²) in [6.07, 6.45) is 0. The molecule has 0 spiro atoms. The zero-order valence-corrected chi connectivity index (χ0v) is 16.0. The first-order valence-electron chi connectivity index (χ1n) is 7.92. The van der Waals surface area contributed by atoms with E-state index in [0.29, 0.717) is 0 Å². The predicted octanol–water partition coefficient (Wildman–Crippen LogP) is 2.29. The maximum absolute atomic E-state index is 12.3. The van der Waals surface area contributed by atoms with Crippen LogP contribution in [0, 0.1) is 5.92 Å². The molecule has 2 rings (SSSR count). The minimum atomic E-state index is -0.871. The zero-order valence-electron chi connectivity index (χ0n) is 14.5. The van der Waals surface area contributed by atoms with Crippen molar-refractivity contribution in [2.24, 2.45) is 5.92 Å². The first-order valence-corrected chi connectivity index (χ1v) is 8.67. The highest BCUT2D eigenvalue weighted by molar-refractivity contribution is 6.43. The second-order valence-corrected chi connectivity index (χ2v) is 7.08. The molecule has 1 aliphatic heterocycles. The Hall–Kier alpha value is -2.12. The Morgan fingerprint density at radius 1 is 1.08 bits per heavy atom. The summed E-state index contributed by atoms with van der Waals surface area (Å²) in [6, 6.07) is 2.49. The molecule has 1 heterocycles. The summed E-state index contributed by atoms with van der Waals surface area (Å²) >= 11 is 11.7. The van der Waals surface area contributed by atoms with Gasteiger partial charge in [-0.1, -0.05) is 37.0 Å². The molecule has 1 aromatic carbocycles. The van der Waals surface area contributed by atoms with Crippen LogP contribution in [0.5, 0.6) is 0 Å². The lowest BCUT2D eigenvalue weighted by Crippen LogP contribution is -2.40. The van der Waals surface area contributed by atoms with E-state index in [-0.39, 0.29) is 33.1 Å². The lowest BCUT2D eigenvalue weighted by atomic mass is 10.1. The molecule has 1 aromatic rings. The number of rotatable bonds is 6. The number of amides is 3. The van der Waals surface area contributed by atoms with Crippen molar-refractivity contribution in [3.63, 3.8) is 0 Å². The van der Waals surface area contributed by atoms with Crippen LogP contribution in [-0.4, -0.2) is 47.8 Å². The van der Waals surface area contributed by atoms with Gasteiger partial charge in [0, 0.05) is 6.04 Å². The van der Waals surface area contributed by atoms with Gasteiger partial charge in [0.15, 0.2) is 6.61 Å². The summed E-state index contributed by atoms with van der Waals surface area (Å²) in [6.45, 7) is 4.63. The van der Waals surface area contributed by atoms with Crippen LogP contribution in [0.25, 0.3) is 0 Å². The van der Waals surface area contributed by atoms with Crippen molar-refractivity contribution in [1.29, 1.82) is 0 Å². The molecule has 1 N–H and O–H groups in total. The Balaban J connectivity index is 1.95. The predicted molar refractivity (Wildman–Crippen MR) is 95.2 cm³/mol. The van der Waals surface area contributed by atoms with Crippen molar-refractivity contribution in [2.45, 2.75) is 26.8 Å². The summed E-state index contributed by atoms with van der Waals surface area (Å²) in [5.74, 6) is -2.44. The fraction of sp³-hybridized carbons (Fsp3) is 0.412. The molecule has 0 aliphatic carbocycles. The van der Waals surface area contributed by atoms with Crippen molar-refractivity contribution < 1.29 is 23.9 Å². The molecule has 0 saturated heterocycles. The quantitative estimate of drug-likeness (QED) is 0.583. The summed E-state index contributed by atoms with van der Waals surface area (Å²) < 4.78 is 4.84. The molecule has 7 nitrogen and oxygen atoms in total. The molecule has 1 atom stereocenters. The highest BCUT2D eigenvalue weighted by Crippen LogP contribution is 2.31. The highest BCUT2D eigenvalue weighted by Gasteiger charge is 2.37. The molecule has 140 valence electrons. The third-order valence-corrected chi connectivity index (χ3v) is 4.77. The minimum Gasteiger partial charge on any atom is -0.454 e. The Bertz CT molecular complexity index is 738. The summed E-state index contributed by atoms with van der Waals surface area (Å²) in [4.78, 5) is 48.9. The van der Waals surface area contributed by atoms with E-state index < -0.39 is 36.8 Å². The number of hydrogen-bond acceptors (Lipinski definition) is 5. The molecule has 9 heteroatoms. The van der Waals surface area contributed by atoms with Crippen LogP contribution in [-0.2, 0) is 14.3 Å². The number of hydrogen-bond donors (Lipinski definition) is 1. The topological polar surface area (TPSA) is 92.8 Å². The Morgan fingerprint density at radius 3 is 2.04 bits per heavy atom. The monoisotopic (exact) mass is 400 g/mol.